The van der Waals surface area contributed by atoms with Crippen molar-refractivity contribution >= 4 is 17.4 Å². The third-order valence-electron chi connectivity index (χ3n) is 2.09. The SMILES string of the molecule is CCCC(C)[O-].CCCC(C)[O-].CCCC(C)[O-].[Al+3]. The molecule has 0 saturated carbocycles. The second-order valence-corrected chi connectivity index (χ2v) is 4.80. The molecule has 3 atom stereocenters. The van der Waals surface area contributed by atoms with Gasteiger partial charge in [0.2, 0.25) is 0 Å². The van der Waals surface area contributed by atoms with Crippen LogP contribution >= 0.6 is 0 Å². The molecule has 0 amide bonds. The van der Waals surface area contributed by atoms with E-state index in [1.165, 1.54) is 0 Å². The van der Waals surface area contributed by atoms with Crippen molar-refractivity contribution in [1.29, 1.82) is 0 Å². The Morgan fingerprint density at radius 3 is 0.737 bits per heavy atom. The third-order valence-corrected chi connectivity index (χ3v) is 2.09. The second kappa shape index (κ2) is 23.5. The van der Waals surface area contributed by atoms with Crippen LogP contribution in [0.5, 0.6) is 0 Å². The van der Waals surface area contributed by atoms with E-state index in [2.05, 4.69) is 0 Å². The summed E-state index contributed by atoms with van der Waals surface area (Å²) in [7, 11) is 0. The van der Waals surface area contributed by atoms with Crippen molar-refractivity contribution in [2.24, 2.45) is 0 Å². The Kier molecular flexibility index (Phi) is 34.3. The number of hydrogen-bond donors (Lipinski definition) is 0. The Morgan fingerprint density at radius 2 is 0.737 bits per heavy atom. The van der Waals surface area contributed by atoms with Crippen molar-refractivity contribution in [2.45, 2.75) is 98.4 Å². The molecule has 114 valence electrons. The molecule has 0 spiro atoms. The molecule has 0 heterocycles. The molecule has 0 bridgehead atoms. The van der Waals surface area contributed by atoms with Crippen LogP contribution in [0.4, 0.5) is 0 Å². The van der Waals surface area contributed by atoms with E-state index in [0.29, 0.717) is 0 Å². The predicted molar refractivity (Wildman–Crippen MR) is 78.9 cm³/mol. The Hall–Kier alpha value is 0.412. The molecule has 4 heteroatoms. The second-order valence-electron chi connectivity index (χ2n) is 4.80. The fourth-order valence-electron chi connectivity index (χ4n) is 1.22. The van der Waals surface area contributed by atoms with E-state index in [9.17, 15) is 15.3 Å². The zero-order valence-electron chi connectivity index (χ0n) is 13.8. The van der Waals surface area contributed by atoms with Gasteiger partial charge in [-0.1, -0.05) is 80.1 Å². The summed E-state index contributed by atoms with van der Waals surface area (Å²) in [5.74, 6) is 0. The first-order valence-electron chi connectivity index (χ1n) is 7.29. The summed E-state index contributed by atoms with van der Waals surface area (Å²) in [6.45, 7) is 11.2. The fraction of sp³-hybridized carbons (Fsp3) is 1.00. The van der Waals surface area contributed by atoms with Gasteiger partial charge in [0.15, 0.2) is 0 Å². The number of hydrogen-bond acceptors (Lipinski definition) is 3. The van der Waals surface area contributed by atoms with Crippen LogP contribution in [0.1, 0.15) is 80.1 Å². The normalized spacial score (nSPS) is 13.7. The van der Waals surface area contributed by atoms with E-state index < -0.39 is 0 Å². The van der Waals surface area contributed by atoms with Crippen LogP contribution in [0.15, 0.2) is 0 Å². The van der Waals surface area contributed by atoms with Gasteiger partial charge in [-0.3, -0.25) is 0 Å². The molecule has 3 nitrogen and oxygen atoms in total. The molecule has 0 saturated heterocycles. The van der Waals surface area contributed by atoms with E-state index in [-0.39, 0.29) is 35.7 Å². The van der Waals surface area contributed by atoms with E-state index in [0.717, 1.165) is 38.5 Å². The molecule has 0 rings (SSSR count). The molecule has 0 fully saturated rings. The average Bonchev–Trinajstić information content (AvgIpc) is 2.18. The summed E-state index contributed by atoms with van der Waals surface area (Å²) < 4.78 is 0. The fourth-order valence-corrected chi connectivity index (χ4v) is 1.22. The van der Waals surface area contributed by atoms with Crippen LogP contribution in [0.3, 0.4) is 0 Å². The molecule has 3 unspecified atom stereocenters. The van der Waals surface area contributed by atoms with Gasteiger partial charge >= 0.3 is 17.4 Å². The smallest absolute Gasteiger partial charge is 0.852 e. The predicted octanol–water partition coefficient (Wildman–Crippen LogP) is 1.23. The van der Waals surface area contributed by atoms with Crippen LogP contribution in [0.2, 0.25) is 0 Å². The molecule has 0 aromatic rings. The van der Waals surface area contributed by atoms with Crippen molar-refractivity contribution in [2.75, 3.05) is 0 Å². The molecular weight excluding hydrogens is 255 g/mol. The Morgan fingerprint density at radius 1 is 0.579 bits per heavy atom. The monoisotopic (exact) mass is 288 g/mol. The molecule has 0 aromatic carbocycles. The van der Waals surface area contributed by atoms with E-state index in [4.69, 9.17) is 0 Å². The zero-order chi connectivity index (χ0) is 15.0. The van der Waals surface area contributed by atoms with Crippen LogP contribution in [0, 0.1) is 0 Å². The van der Waals surface area contributed by atoms with Crippen LogP contribution in [-0.4, -0.2) is 35.7 Å². The minimum atomic E-state index is -0.352. The Bertz CT molecular complexity index is 105. The topological polar surface area (TPSA) is 69.2 Å². The van der Waals surface area contributed by atoms with Gasteiger partial charge in [0, 0.05) is 0 Å². The first kappa shape index (κ1) is 27.7. The Balaban J connectivity index is -0.0000000865. The van der Waals surface area contributed by atoms with Gasteiger partial charge in [0.05, 0.1) is 0 Å². The van der Waals surface area contributed by atoms with Gasteiger partial charge in [0.1, 0.15) is 0 Å². The van der Waals surface area contributed by atoms with Crippen molar-refractivity contribution in [3.63, 3.8) is 0 Å². The standard InChI is InChI=1S/3C5H11O.Al/c3*1-3-4-5(2)6;/h3*5H,3-4H2,1-2H3;/q3*-1;+3. The Labute approximate surface area is 131 Å². The van der Waals surface area contributed by atoms with E-state index in [1.807, 2.05) is 20.8 Å². The summed E-state index contributed by atoms with van der Waals surface area (Å²) in [6, 6.07) is 0. The van der Waals surface area contributed by atoms with Gasteiger partial charge in [-0.05, 0) is 0 Å². The quantitative estimate of drug-likeness (QED) is 0.690. The molecular formula is C15H33AlO3. The maximum absolute atomic E-state index is 10.1. The molecule has 19 heavy (non-hydrogen) atoms. The minimum absolute atomic E-state index is 0. The molecule has 0 aliphatic rings. The summed E-state index contributed by atoms with van der Waals surface area (Å²) in [4.78, 5) is 0. The first-order valence-corrected chi connectivity index (χ1v) is 7.29. The largest absolute Gasteiger partial charge is 3.00 e. The zero-order valence-corrected chi connectivity index (χ0v) is 14.9. The van der Waals surface area contributed by atoms with Gasteiger partial charge < -0.3 is 15.3 Å². The van der Waals surface area contributed by atoms with Crippen molar-refractivity contribution in [1.82, 2.24) is 0 Å². The molecule has 0 aliphatic carbocycles. The van der Waals surface area contributed by atoms with Gasteiger partial charge in [-0.2, -0.15) is 0 Å². The molecule has 0 aromatic heterocycles. The van der Waals surface area contributed by atoms with Gasteiger partial charge in [-0.15, -0.1) is 18.3 Å². The van der Waals surface area contributed by atoms with Crippen molar-refractivity contribution < 1.29 is 15.3 Å². The van der Waals surface area contributed by atoms with Crippen LogP contribution in [-0.2, 0) is 0 Å². The summed E-state index contributed by atoms with van der Waals surface area (Å²) in [5, 5.41) is 30.4. The summed E-state index contributed by atoms with van der Waals surface area (Å²) >= 11 is 0. The van der Waals surface area contributed by atoms with Gasteiger partial charge in [0.25, 0.3) is 0 Å². The number of rotatable bonds is 6. The summed E-state index contributed by atoms with van der Waals surface area (Å²) in [6.07, 6.45) is 4.46. The van der Waals surface area contributed by atoms with Crippen molar-refractivity contribution in [3.05, 3.63) is 0 Å². The molecule has 0 aliphatic heterocycles. The third kappa shape index (κ3) is 56.0. The van der Waals surface area contributed by atoms with Crippen LogP contribution < -0.4 is 15.3 Å². The molecule has 0 radical (unpaired) electrons. The van der Waals surface area contributed by atoms with E-state index in [1.54, 1.807) is 20.8 Å². The molecule has 0 N–H and O–H groups in total. The summed E-state index contributed by atoms with van der Waals surface area (Å²) in [5.41, 5.74) is 0. The van der Waals surface area contributed by atoms with E-state index >= 15 is 0 Å². The minimum Gasteiger partial charge on any atom is -0.852 e. The van der Waals surface area contributed by atoms with Gasteiger partial charge in [-0.25, -0.2) is 0 Å². The maximum Gasteiger partial charge on any atom is 3.00 e. The van der Waals surface area contributed by atoms with Crippen molar-refractivity contribution in [3.8, 4) is 0 Å². The maximum atomic E-state index is 10.1. The first-order chi connectivity index (χ1) is 8.31. The van der Waals surface area contributed by atoms with Crippen LogP contribution in [0.25, 0.3) is 0 Å². The average molecular weight is 288 g/mol.